The Balaban J connectivity index is 1.65. The first-order chi connectivity index (χ1) is 13.1. The van der Waals surface area contributed by atoms with Crippen LogP contribution in [0.2, 0.25) is 0 Å². The first-order valence-electron chi connectivity index (χ1n) is 8.75. The van der Waals surface area contributed by atoms with Crippen molar-refractivity contribution in [1.82, 2.24) is 4.90 Å². The maximum absolute atomic E-state index is 13.2. The largest absolute Gasteiger partial charge is 0.508 e. The number of phenols is 1. The average molecular weight is 405 g/mol. The van der Waals surface area contributed by atoms with E-state index in [0.29, 0.717) is 36.2 Å². The second kappa shape index (κ2) is 8.10. The summed E-state index contributed by atoms with van der Waals surface area (Å²) in [7, 11) is 0. The van der Waals surface area contributed by atoms with Gasteiger partial charge in [0.05, 0.1) is 28.6 Å². The van der Waals surface area contributed by atoms with Gasteiger partial charge in [0.1, 0.15) is 11.5 Å². The second-order valence-electron chi connectivity index (χ2n) is 6.39. The van der Waals surface area contributed by atoms with Crippen molar-refractivity contribution in [2.24, 2.45) is 0 Å². The molecular formula is C19H19NO5S2. The lowest BCUT2D eigenvalue weighted by atomic mass is 9.98. The average Bonchev–Trinajstić information content (AvgIpc) is 3.18. The molecule has 1 unspecified atom stereocenters. The molecule has 1 atom stereocenters. The molecule has 0 radical (unpaired) electrons. The molecule has 6 nitrogen and oxygen atoms in total. The minimum atomic E-state index is -0.730. The number of ether oxygens (including phenoxy) is 2. The number of carbonyl (C=O) groups excluding carboxylic acids is 2. The molecular weight excluding hydrogens is 386 g/mol. The fourth-order valence-electron chi connectivity index (χ4n) is 3.25. The lowest BCUT2D eigenvalue weighted by Crippen LogP contribution is -2.40. The number of rotatable bonds is 3. The van der Waals surface area contributed by atoms with Crippen molar-refractivity contribution in [2.75, 3.05) is 32.8 Å². The van der Waals surface area contributed by atoms with E-state index in [1.54, 1.807) is 6.07 Å². The molecule has 0 aliphatic carbocycles. The van der Waals surface area contributed by atoms with Crippen LogP contribution in [0.25, 0.3) is 0 Å². The predicted molar refractivity (Wildman–Crippen MR) is 105 cm³/mol. The lowest BCUT2D eigenvalue weighted by Gasteiger charge is -2.28. The highest BCUT2D eigenvalue weighted by atomic mass is 32.2. The number of phenolic OH excluding ortho intramolecular Hbond substituents is 1. The molecule has 1 aromatic carbocycles. The molecule has 1 saturated heterocycles. The van der Waals surface area contributed by atoms with Crippen molar-refractivity contribution < 1.29 is 24.2 Å². The highest BCUT2D eigenvalue weighted by molar-refractivity contribution is 8.27. The number of ketones is 2. The minimum absolute atomic E-state index is 0.0286. The summed E-state index contributed by atoms with van der Waals surface area (Å²) in [6.45, 7) is 3.73. The minimum Gasteiger partial charge on any atom is -0.508 e. The van der Waals surface area contributed by atoms with Crippen LogP contribution in [0, 0.1) is 0 Å². The maximum Gasteiger partial charge on any atom is 0.208 e. The molecule has 3 aliphatic heterocycles. The van der Waals surface area contributed by atoms with Crippen LogP contribution in [0.5, 0.6) is 11.5 Å². The standard InChI is InChI=1S/C19H19NO5S2/c21-12-1-2-14-13(11-12)17(22)16(19-26-9-10-27-19)18(23)15(25-14)3-4-20-5-7-24-8-6-20/h1-2,9-11,15,21H,3-8H2. The summed E-state index contributed by atoms with van der Waals surface area (Å²) in [5.41, 5.74) is 0.388. The quantitative estimate of drug-likeness (QED) is 0.608. The summed E-state index contributed by atoms with van der Waals surface area (Å²) in [4.78, 5) is 28.5. The van der Waals surface area contributed by atoms with Crippen LogP contribution in [0.1, 0.15) is 16.8 Å². The van der Waals surface area contributed by atoms with Crippen molar-refractivity contribution in [3.8, 4) is 11.5 Å². The molecule has 1 N–H and O–H groups in total. The Bertz CT molecular complexity index is 819. The first-order valence-corrected chi connectivity index (χ1v) is 10.5. The van der Waals surface area contributed by atoms with Gasteiger partial charge in [0.25, 0.3) is 0 Å². The van der Waals surface area contributed by atoms with Gasteiger partial charge in [-0.3, -0.25) is 14.5 Å². The summed E-state index contributed by atoms with van der Waals surface area (Å²) in [6.07, 6.45) is -0.238. The molecule has 142 valence electrons. The number of Topliss-reactive ketones (excluding diaryl/α,β-unsaturated/α-hetero) is 2. The third-order valence-electron chi connectivity index (χ3n) is 4.66. The Kier molecular flexibility index (Phi) is 5.58. The van der Waals surface area contributed by atoms with Crippen molar-refractivity contribution in [2.45, 2.75) is 12.5 Å². The fourth-order valence-corrected chi connectivity index (χ4v) is 5.11. The van der Waals surface area contributed by atoms with E-state index in [-0.39, 0.29) is 22.7 Å². The highest BCUT2D eigenvalue weighted by Gasteiger charge is 2.37. The van der Waals surface area contributed by atoms with Gasteiger partial charge in [-0.25, -0.2) is 0 Å². The Morgan fingerprint density at radius 3 is 2.63 bits per heavy atom. The van der Waals surface area contributed by atoms with E-state index in [2.05, 4.69) is 4.90 Å². The second-order valence-corrected chi connectivity index (χ2v) is 8.48. The van der Waals surface area contributed by atoms with Crippen molar-refractivity contribution in [3.05, 3.63) is 44.4 Å². The molecule has 27 heavy (non-hydrogen) atoms. The zero-order valence-corrected chi connectivity index (χ0v) is 16.2. The number of carbonyl (C=O) groups is 2. The van der Waals surface area contributed by atoms with Crippen molar-refractivity contribution in [3.63, 3.8) is 0 Å². The van der Waals surface area contributed by atoms with Gasteiger partial charge in [0.15, 0.2) is 6.10 Å². The van der Waals surface area contributed by atoms with E-state index >= 15 is 0 Å². The van der Waals surface area contributed by atoms with Gasteiger partial charge in [0, 0.05) is 26.1 Å². The molecule has 4 rings (SSSR count). The van der Waals surface area contributed by atoms with Gasteiger partial charge >= 0.3 is 0 Å². The van der Waals surface area contributed by atoms with E-state index in [9.17, 15) is 14.7 Å². The number of fused-ring (bicyclic) bond motifs is 1. The molecule has 3 heterocycles. The summed E-state index contributed by atoms with van der Waals surface area (Å²) >= 11 is 2.74. The van der Waals surface area contributed by atoms with E-state index in [4.69, 9.17) is 9.47 Å². The van der Waals surface area contributed by atoms with Gasteiger partial charge < -0.3 is 14.6 Å². The fraction of sp³-hybridized carbons (Fsp3) is 0.368. The number of aromatic hydroxyl groups is 1. The maximum atomic E-state index is 13.2. The topological polar surface area (TPSA) is 76.1 Å². The van der Waals surface area contributed by atoms with Gasteiger partial charge in [-0.15, -0.1) is 0 Å². The molecule has 3 aliphatic rings. The Morgan fingerprint density at radius 2 is 1.89 bits per heavy atom. The number of morpholine rings is 1. The lowest BCUT2D eigenvalue weighted by molar-refractivity contribution is -0.122. The third-order valence-corrected chi connectivity index (χ3v) is 6.79. The molecule has 0 bridgehead atoms. The van der Waals surface area contributed by atoms with Crippen LogP contribution in [0.15, 0.2) is 38.8 Å². The summed E-state index contributed by atoms with van der Waals surface area (Å²) in [6, 6.07) is 4.39. The van der Waals surface area contributed by atoms with Crippen LogP contribution in [0.4, 0.5) is 0 Å². The first kappa shape index (κ1) is 18.6. The SMILES string of the molecule is O=C1C(=C2SC=CS2)C(=O)C(CCN2CCOCC2)Oc2ccc(O)cc21. The zero-order valence-electron chi connectivity index (χ0n) is 14.6. The van der Waals surface area contributed by atoms with Gasteiger partial charge in [-0.2, -0.15) is 0 Å². The Morgan fingerprint density at radius 1 is 1.15 bits per heavy atom. The van der Waals surface area contributed by atoms with Crippen molar-refractivity contribution in [1.29, 1.82) is 0 Å². The third kappa shape index (κ3) is 3.94. The van der Waals surface area contributed by atoms with Crippen molar-refractivity contribution >= 4 is 35.1 Å². The number of nitrogens with zero attached hydrogens (tertiary/aromatic N) is 1. The number of benzene rings is 1. The van der Waals surface area contributed by atoms with E-state index < -0.39 is 11.9 Å². The van der Waals surface area contributed by atoms with Crippen LogP contribution < -0.4 is 4.74 Å². The molecule has 0 spiro atoms. The van der Waals surface area contributed by atoms with Crippen LogP contribution in [0.3, 0.4) is 0 Å². The van der Waals surface area contributed by atoms with Crippen LogP contribution in [-0.2, 0) is 9.53 Å². The summed E-state index contributed by atoms with van der Waals surface area (Å²) in [5.74, 6) is -0.366. The van der Waals surface area contributed by atoms with Crippen LogP contribution in [-0.4, -0.2) is 60.5 Å². The van der Waals surface area contributed by atoms with E-state index in [0.717, 1.165) is 13.1 Å². The molecule has 0 saturated carbocycles. The molecule has 1 aromatic rings. The molecule has 8 heteroatoms. The monoisotopic (exact) mass is 405 g/mol. The molecule has 0 amide bonds. The molecule has 0 aromatic heterocycles. The highest BCUT2D eigenvalue weighted by Crippen LogP contribution is 2.43. The number of thioether (sulfide) groups is 2. The van der Waals surface area contributed by atoms with Crippen LogP contribution >= 0.6 is 23.5 Å². The smallest absolute Gasteiger partial charge is 0.208 e. The van der Waals surface area contributed by atoms with E-state index in [1.807, 2.05) is 10.8 Å². The molecule has 1 fully saturated rings. The number of hydrogen-bond acceptors (Lipinski definition) is 8. The summed E-state index contributed by atoms with van der Waals surface area (Å²) in [5, 5.41) is 13.5. The Hall–Kier alpha value is -1.74. The van der Waals surface area contributed by atoms with Gasteiger partial charge in [-0.1, -0.05) is 23.5 Å². The summed E-state index contributed by atoms with van der Waals surface area (Å²) < 4.78 is 12.0. The number of hydrogen-bond donors (Lipinski definition) is 1. The zero-order chi connectivity index (χ0) is 18.8. The normalized spacial score (nSPS) is 23.3. The van der Waals surface area contributed by atoms with E-state index in [1.165, 1.54) is 35.7 Å². The van der Waals surface area contributed by atoms with Gasteiger partial charge in [-0.05, 0) is 29.0 Å². The Labute approximate surface area is 165 Å². The predicted octanol–water partition coefficient (Wildman–Crippen LogP) is 2.79. The van der Waals surface area contributed by atoms with Gasteiger partial charge in [0.2, 0.25) is 11.6 Å².